The minimum atomic E-state index is -0.224. The molecule has 1 aliphatic rings. The van der Waals surface area contributed by atoms with E-state index in [1.165, 1.54) is 0 Å². The van der Waals surface area contributed by atoms with E-state index in [1.54, 1.807) is 6.92 Å². The van der Waals surface area contributed by atoms with Crippen LogP contribution < -0.4 is 11.1 Å². The summed E-state index contributed by atoms with van der Waals surface area (Å²) >= 11 is 0. The van der Waals surface area contributed by atoms with Crippen LogP contribution in [0.5, 0.6) is 0 Å². The Bertz CT molecular complexity index is 430. The molecule has 0 radical (unpaired) electrons. The summed E-state index contributed by atoms with van der Waals surface area (Å²) in [6.45, 7) is 5.28. The van der Waals surface area contributed by atoms with Gasteiger partial charge in [0.1, 0.15) is 0 Å². The van der Waals surface area contributed by atoms with Gasteiger partial charge in [0, 0.05) is 19.1 Å². The molecule has 100 valence electrons. The average molecular weight is 252 g/mol. The molecule has 6 nitrogen and oxygen atoms in total. The molecule has 1 amide bonds. The van der Waals surface area contributed by atoms with E-state index < -0.39 is 0 Å². The van der Waals surface area contributed by atoms with Crippen molar-refractivity contribution in [3.05, 3.63) is 11.4 Å². The molecule has 1 aromatic rings. The maximum Gasteiger partial charge on any atom is 0.273 e. The quantitative estimate of drug-likeness (QED) is 0.740. The van der Waals surface area contributed by atoms with Crippen molar-refractivity contribution in [3.63, 3.8) is 0 Å². The molecule has 1 aromatic heterocycles. The molecule has 0 aromatic carbocycles. The number of aromatic nitrogens is 2. The minimum absolute atomic E-state index is 0.224. The Balaban J connectivity index is 1.90. The van der Waals surface area contributed by atoms with Gasteiger partial charge in [0.05, 0.1) is 17.5 Å². The average Bonchev–Trinajstić information content (AvgIpc) is 2.94. The van der Waals surface area contributed by atoms with E-state index in [-0.39, 0.29) is 17.7 Å². The summed E-state index contributed by atoms with van der Waals surface area (Å²) in [5.74, 6) is 0.166. The molecular weight excluding hydrogens is 232 g/mol. The van der Waals surface area contributed by atoms with Crippen molar-refractivity contribution in [2.45, 2.75) is 32.8 Å². The molecule has 0 spiro atoms. The first-order valence-corrected chi connectivity index (χ1v) is 6.33. The van der Waals surface area contributed by atoms with Crippen molar-refractivity contribution in [2.75, 3.05) is 18.9 Å². The third-order valence-electron chi connectivity index (χ3n) is 3.48. The summed E-state index contributed by atoms with van der Waals surface area (Å²) in [4.78, 5) is 11.9. The number of hydrogen-bond donors (Lipinski definition) is 3. The van der Waals surface area contributed by atoms with Crippen LogP contribution in [-0.2, 0) is 4.74 Å². The minimum Gasteiger partial charge on any atom is -0.395 e. The molecule has 4 N–H and O–H groups in total. The SMILES string of the molecule is CCC1OCCC1CNC(=O)c1n[nH]c(C)c1N. The smallest absolute Gasteiger partial charge is 0.273 e. The third kappa shape index (κ3) is 2.48. The molecule has 2 heterocycles. The fourth-order valence-corrected chi connectivity index (χ4v) is 2.30. The van der Waals surface area contributed by atoms with Gasteiger partial charge in [0.15, 0.2) is 5.69 Å². The Kier molecular flexibility index (Phi) is 3.86. The van der Waals surface area contributed by atoms with Crippen molar-refractivity contribution in [1.29, 1.82) is 0 Å². The lowest BCUT2D eigenvalue weighted by molar-refractivity contribution is 0.0825. The predicted molar refractivity (Wildman–Crippen MR) is 68.2 cm³/mol. The highest BCUT2D eigenvalue weighted by molar-refractivity contribution is 5.97. The highest BCUT2D eigenvalue weighted by atomic mass is 16.5. The van der Waals surface area contributed by atoms with Crippen molar-refractivity contribution >= 4 is 11.6 Å². The molecule has 0 saturated carbocycles. The van der Waals surface area contributed by atoms with Crippen LogP contribution in [0.15, 0.2) is 0 Å². The zero-order valence-corrected chi connectivity index (χ0v) is 10.8. The molecule has 0 bridgehead atoms. The summed E-state index contributed by atoms with van der Waals surface area (Å²) in [6.07, 6.45) is 2.22. The molecule has 1 aliphatic heterocycles. The zero-order chi connectivity index (χ0) is 13.1. The van der Waals surface area contributed by atoms with Crippen molar-refractivity contribution in [2.24, 2.45) is 5.92 Å². The Labute approximate surface area is 106 Å². The van der Waals surface area contributed by atoms with E-state index >= 15 is 0 Å². The van der Waals surface area contributed by atoms with Gasteiger partial charge in [-0.15, -0.1) is 0 Å². The number of carbonyl (C=O) groups excluding carboxylic acids is 1. The maximum atomic E-state index is 11.9. The number of nitrogens with one attached hydrogen (secondary N) is 2. The van der Waals surface area contributed by atoms with Gasteiger partial charge in [-0.25, -0.2) is 0 Å². The number of hydrogen-bond acceptors (Lipinski definition) is 4. The molecule has 2 atom stereocenters. The van der Waals surface area contributed by atoms with Crippen LogP contribution in [0.25, 0.3) is 0 Å². The summed E-state index contributed by atoms with van der Waals surface area (Å²) in [5.41, 5.74) is 7.18. The van der Waals surface area contributed by atoms with Crippen LogP contribution in [0.4, 0.5) is 5.69 Å². The molecule has 1 saturated heterocycles. The lowest BCUT2D eigenvalue weighted by atomic mass is 10.00. The maximum absolute atomic E-state index is 11.9. The summed E-state index contributed by atoms with van der Waals surface area (Å²) < 4.78 is 5.58. The standard InChI is InChI=1S/C12H20N4O2/c1-3-9-8(4-5-18-9)6-14-12(17)11-10(13)7(2)15-16-11/h8-9H,3-6,13H2,1-2H3,(H,14,17)(H,15,16). The fraction of sp³-hybridized carbons (Fsp3) is 0.667. The fourth-order valence-electron chi connectivity index (χ4n) is 2.30. The van der Waals surface area contributed by atoms with Crippen LogP contribution in [0.1, 0.15) is 35.9 Å². The highest BCUT2D eigenvalue weighted by Crippen LogP contribution is 2.22. The second kappa shape index (κ2) is 5.39. The first-order chi connectivity index (χ1) is 8.63. The van der Waals surface area contributed by atoms with E-state index in [0.29, 0.717) is 18.2 Å². The summed E-state index contributed by atoms with van der Waals surface area (Å²) in [5, 5.41) is 9.49. The number of amides is 1. The predicted octanol–water partition coefficient (Wildman–Crippen LogP) is 0.845. The van der Waals surface area contributed by atoms with E-state index in [1.807, 2.05) is 0 Å². The lowest BCUT2D eigenvalue weighted by Crippen LogP contribution is -2.33. The van der Waals surface area contributed by atoms with Crippen LogP contribution >= 0.6 is 0 Å². The summed E-state index contributed by atoms with van der Waals surface area (Å²) in [7, 11) is 0. The molecule has 2 rings (SSSR count). The van der Waals surface area contributed by atoms with E-state index in [9.17, 15) is 4.79 Å². The first kappa shape index (κ1) is 12.9. The Morgan fingerprint density at radius 2 is 2.44 bits per heavy atom. The van der Waals surface area contributed by atoms with E-state index in [2.05, 4.69) is 22.4 Å². The number of aryl methyl sites for hydroxylation is 1. The van der Waals surface area contributed by atoms with Crippen LogP contribution in [0.3, 0.4) is 0 Å². The van der Waals surface area contributed by atoms with E-state index in [0.717, 1.165) is 25.1 Å². The third-order valence-corrected chi connectivity index (χ3v) is 3.48. The number of nitrogens with zero attached hydrogens (tertiary/aromatic N) is 1. The largest absolute Gasteiger partial charge is 0.395 e. The molecule has 6 heteroatoms. The number of carbonyl (C=O) groups is 1. The number of nitrogen functional groups attached to an aromatic ring is 1. The van der Waals surface area contributed by atoms with Gasteiger partial charge in [0.25, 0.3) is 5.91 Å². The van der Waals surface area contributed by atoms with Gasteiger partial charge in [-0.05, 0) is 19.8 Å². The number of nitrogens with two attached hydrogens (primary N) is 1. The molecule has 0 aliphatic carbocycles. The van der Waals surface area contributed by atoms with E-state index in [4.69, 9.17) is 10.5 Å². The second-order valence-corrected chi connectivity index (χ2v) is 4.69. The number of aromatic amines is 1. The normalized spacial score (nSPS) is 23.2. The second-order valence-electron chi connectivity index (χ2n) is 4.69. The van der Waals surface area contributed by atoms with Gasteiger partial charge in [-0.1, -0.05) is 6.92 Å². The topological polar surface area (TPSA) is 93.0 Å². The van der Waals surface area contributed by atoms with Crippen molar-refractivity contribution < 1.29 is 9.53 Å². The molecule has 2 unspecified atom stereocenters. The van der Waals surface area contributed by atoms with Gasteiger partial charge in [-0.2, -0.15) is 5.10 Å². The van der Waals surface area contributed by atoms with Crippen LogP contribution in [0.2, 0.25) is 0 Å². The van der Waals surface area contributed by atoms with Gasteiger partial charge < -0.3 is 15.8 Å². The molecule has 18 heavy (non-hydrogen) atoms. The first-order valence-electron chi connectivity index (χ1n) is 6.33. The van der Waals surface area contributed by atoms with Crippen molar-refractivity contribution in [1.82, 2.24) is 15.5 Å². The van der Waals surface area contributed by atoms with Crippen LogP contribution in [0, 0.1) is 12.8 Å². The highest BCUT2D eigenvalue weighted by Gasteiger charge is 2.27. The number of ether oxygens (including phenoxy) is 1. The lowest BCUT2D eigenvalue weighted by Gasteiger charge is -2.16. The van der Waals surface area contributed by atoms with Gasteiger partial charge in [-0.3, -0.25) is 9.89 Å². The monoisotopic (exact) mass is 252 g/mol. The number of anilines is 1. The number of rotatable bonds is 4. The van der Waals surface area contributed by atoms with Crippen molar-refractivity contribution in [3.8, 4) is 0 Å². The Morgan fingerprint density at radius 3 is 3.06 bits per heavy atom. The van der Waals surface area contributed by atoms with Gasteiger partial charge in [0.2, 0.25) is 0 Å². The molecular formula is C12H20N4O2. The number of H-pyrrole nitrogens is 1. The Hall–Kier alpha value is -1.56. The summed E-state index contributed by atoms with van der Waals surface area (Å²) in [6, 6.07) is 0. The van der Waals surface area contributed by atoms with Crippen LogP contribution in [-0.4, -0.2) is 35.4 Å². The van der Waals surface area contributed by atoms with Gasteiger partial charge >= 0.3 is 0 Å². The zero-order valence-electron chi connectivity index (χ0n) is 10.8. The Morgan fingerprint density at radius 1 is 1.67 bits per heavy atom. The molecule has 1 fully saturated rings.